The summed E-state index contributed by atoms with van der Waals surface area (Å²) in [5, 5.41) is 3.92. The molecule has 2 aromatic heterocycles. The van der Waals surface area contributed by atoms with E-state index in [1.807, 2.05) is 0 Å². The Labute approximate surface area is 67.8 Å². The van der Waals surface area contributed by atoms with Gasteiger partial charge >= 0.3 is 0 Å². The second-order valence-electron chi connectivity index (χ2n) is 2.34. The lowest BCUT2D eigenvalue weighted by atomic mass is 10.5. The number of fused-ring (bicyclic) bond motifs is 1. The summed E-state index contributed by atoms with van der Waals surface area (Å²) in [7, 11) is 0. The van der Waals surface area contributed by atoms with Crippen molar-refractivity contribution in [2.24, 2.45) is 0 Å². The Balaban J connectivity index is 2.75. The predicted molar refractivity (Wildman–Crippen MR) is 42.8 cm³/mol. The number of carbonyl (C=O) groups is 1. The highest BCUT2D eigenvalue weighted by atomic mass is 16.1. The topological polar surface area (TPSA) is 73.3 Å². The van der Waals surface area contributed by atoms with Crippen molar-refractivity contribution in [3.8, 4) is 0 Å². The van der Waals surface area contributed by atoms with Crippen molar-refractivity contribution in [1.82, 2.24) is 14.6 Å². The van der Waals surface area contributed by atoms with Crippen LogP contribution in [0.15, 0.2) is 18.3 Å². The van der Waals surface area contributed by atoms with Crippen LogP contribution in [-0.4, -0.2) is 20.9 Å². The van der Waals surface area contributed by atoms with E-state index in [4.69, 9.17) is 5.73 Å². The Bertz CT molecular complexity index is 434. The van der Waals surface area contributed by atoms with Gasteiger partial charge in [0, 0.05) is 0 Å². The van der Waals surface area contributed by atoms with E-state index in [1.165, 1.54) is 10.7 Å². The van der Waals surface area contributed by atoms with Crippen LogP contribution in [0, 0.1) is 0 Å². The zero-order valence-corrected chi connectivity index (χ0v) is 6.14. The lowest BCUT2D eigenvalue weighted by molar-refractivity contribution is 0.111. The summed E-state index contributed by atoms with van der Waals surface area (Å²) < 4.78 is 1.47. The molecule has 0 bridgehead atoms. The first kappa shape index (κ1) is 6.78. The van der Waals surface area contributed by atoms with Crippen LogP contribution in [0.25, 0.3) is 5.65 Å². The number of imidazole rings is 1. The Morgan fingerprint density at radius 3 is 3.08 bits per heavy atom. The van der Waals surface area contributed by atoms with Crippen molar-refractivity contribution in [2.75, 3.05) is 5.73 Å². The number of hydrogen-bond acceptors (Lipinski definition) is 4. The number of nitrogens with two attached hydrogens (primary N) is 1. The van der Waals surface area contributed by atoms with Gasteiger partial charge in [0.2, 0.25) is 0 Å². The molecule has 60 valence electrons. The largest absolute Gasteiger partial charge is 0.382 e. The lowest BCUT2D eigenvalue weighted by Gasteiger charge is -1.91. The molecule has 0 aliphatic rings. The second kappa shape index (κ2) is 2.30. The summed E-state index contributed by atoms with van der Waals surface area (Å²) in [5.74, 6) is 0.400. The van der Waals surface area contributed by atoms with Crippen LogP contribution >= 0.6 is 0 Å². The first-order valence-electron chi connectivity index (χ1n) is 3.37. The zero-order valence-electron chi connectivity index (χ0n) is 6.14. The zero-order chi connectivity index (χ0) is 8.55. The first-order valence-corrected chi connectivity index (χ1v) is 3.37. The monoisotopic (exact) mass is 162 g/mol. The van der Waals surface area contributed by atoms with Crippen LogP contribution in [0.3, 0.4) is 0 Å². The molecule has 0 atom stereocenters. The van der Waals surface area contributed by atoms with Gasteiger partial charge in [-0.05, 0) is 12.1 Å². The standard InChI is InChI=1S/C7H6N4O/c8-6-1-2-7-9-5(4-12)3-11(7)10-6/h1-4H,(H2,8,10). The Morgan fingerprint density at radius 1 is 1.50 bits per heavy atom. The van der Waals surface area contributed by atoms with Crippen LogP contribution in [0.5, 0.6) is 0 Å². The van der Waals surface area contributed by atoms with E-state index < -0.39 is 0 Å². The van der Waals surface area contributed by atoms with Gasteiger partial charge in [-0.2, -0.15) is 0 Å². The number of hydrogen-bond donors (Lipinski definition) is 1. The summed E-state index contributed by atoms with van der Waals surface area (Å²) in [4.78, 5) is 14.3. The van der Waals surface area contributed by atoms with E-state index in [2.05, 4.69) is 10.1 Å². The van der Waals surface area contributed by atoms with Gasteiger partial charge in [0.25, 0.3) is 0 Å². The van der Waals surface area contributed by atoms with Gasteiger partial charge in [0.1, 0.15) is 11.5 Å². The van der Waals surface area contributed by atoms with Gasteiger partial charge < -0.3 is 5.73 Å². The van der Waals surface area contributed by atoms with Crippen LogP contribution in [0.1, 0.15) is 10.5 Å². The van der Waals surface area contributed by atoms with Crippen molar-refractivity contribution in [3.05, 3.63) is 24.0 Å². The first-order chi connectivity index (χ1) is 5.79. The van der Waals surface area contributed by atoms with Crippen molar-refractivity contribution in [1.29, 1.82) is 0 Å². The fourth-order valence-electron chi connectivity index (χ4n) is 0.972. The molecule has 0 unspecified atom stereocenters. The number of aromatic nitrogens is 3. The van der Waals surface area contributed by atoms with Crippen molar-refractivity contribution in [3.63, 3.8) is 0 Å². The average molecular weight is 162 g/mol. The molecule has 0 aliphatic heterocycles. The van der Waals surface area contributed by atoms with E-state index in [-0.39, 0.29) is 0 Å². The van der Waals surface area contributed by atoms with E-state index in [9.17, 15) is 4.79 Å². The summed E-state index contributed by atoms with van der Waals surface area (Å²) >= 11 is 0. The number of nitrogen functional groups attached to an aromatic ring is 1. The maximum absolute atomic E-state index is 10.3. The van der Waals surface area contributed by atoms with Gasteiger partial charge in [0.15, 0.2) is 11.9 Å². The minimum Gasteiger partial charge on any atom is -0.382 e. The molecule has 2 heterocycles. The Hall–Kier alpha value is -1.91. The predicted octanol–water partition coefficient (Wildman–Crippen LogP) is 0.124. The van der Waals surface area contributed by atoms with Crippen LogP contribution in [-0.2, 0) is 0 Å². The quantitative estimate of drug-likeness (QED) is 0.604. The summed E-state index contributed by atoms with van der Waals surface area (Å²) in [5.41, 5.74) is 6.40. The minimum absolute atomic E-state index is 0.355. The molecule has 0 saturated heterocycles. The third-order valence-electron chi connectivity index (χ3n) is 1.48. The van der Waals surface area contributed by atoms with Crippen molar-refractivity contribution < 1.29 is 4.79 Å². The Kier molecular flexibility index (Phi) is 1.30. The van der Waals surface area contributed by atoms with Gasteiger partial charge in [-0.25, -0.2) is 9.50 Å². The fourth-order valence-corrected chi connectivity index (χ4v) is 0.972. The summed E-state index contributed by atoms with van der Waals surface area (Å²) in [6.45, 7) is 0. The molecule has 5 nitrogen and oxygen atoms in total. The van der Waals surface area contributed by atoms with Crippen LogP contribution in [0.4, 0.5) is 5.82 Å². The molecule has 12 heavy (non-hydrogen) atoms. The third kappa shape index (κ3) is 0.914. The number of anilines is 1. The van der Waals surface area contributed by atoms with E-state index >= 15 is 0 Å². The molecule has 2 rings (SSSR count). The van der Waals surface area contributed by atoms with Crippen molar-refractivity contribution in [2.45, 2.75) is 0 Å². The number of rotatable bonds is 1. The van der Waals surface area contributed by atoms with E-state index in [1.54, 1.807) is 12.1 Å². The summed E-state index contributed by atoms with van der Waals surface area (Å²) in [6, 6.07) is 3.34. The molecule has 2 aromatic rings. The molecule has 0 spiro atoms. The molecule has 0 aromatic carbocycles. The molecular weight excluding hydrogens is 156 g/mol. The van der Waals surface area contributed by atoms with Gasteiger partial charge in [-0.3, -0.25) is 4.79 Å². The summed E-state index contributed by atoms with van der Waals surface area (Å²) in [6.07, 6.45) is 2.20. The minimum atomic E-state index is 0.355. The molecule has 0 aliphatic carbocycles. The molecule has 0 fully saturated rings. The highest BCUT2D eigenvalue weighted by Crippen LogP contribution is 2.03. The molecule has 0 amide bonds. The molecule has 5 heteroatoms. The van der Waals surface area contributed by atoms with Gasteiger partial charge in [-0.1, -0.05) is 0 Å². The highest BCUT2D eigenvalue weighted by molar-refractivity contribution is 5.73. The molecular formula is C7H6N4O. The lowest BCUT2D eigenvalue weighted by Crippen LogP contribution is -1.95. The third-order valence-corrected chi connectivity index (χ3v) is 1.48. The van der Waals surface area contributed by atoms with E-state index in [0.29, 0.717) is 23.4 Å². The fraction of sp³-hybridized carbons (Fsp3) is 0. The smallest absolute Gasteiger partial charge is 0.170 e. The molecule has 0 radical (unpaired) electrons. The number of carbonyl (C=O) groups excluding carboxylic acids is 1. The second-order valence-corrected chi connectivity index (χ2v) is 2.34. The Morgan fingerprint density at radius 2 is 2.33 bits per heavy atom. The number of aldehydes is 1. The normalized spacial score (nSPS) is 10.3. The maximum Gasteiger partial charge on any atom is 0.170 e. The highest BCUT2D eigenvalue weighted by Gasteiger charge is 1.99. The van der Waals surface area contributed by atoms with E-state index in [0.717, 1.165) is 0 Å². The van der Waals surface area contributed by atoms with Gasteiger partial charge in [-0.15, -0.1) is 5.10 Å². The van der Waals surface area contributed by atoms with Crippen LogP contribution < -0.4 is 5.73 Å². The van der Waals surface area contributed by atoms with Crippen molar-refractivity contribution >= 4 is 17.8 Å². The molecule has 0 saturated carbocycles. The maximum atomic E-state index is 10.3. The average Bonchev–Trinajstić information content (AvgIpc) is 2.46. The molecule has 2 N–H and O–H groups in total. The SMILES string of the molecule is Nc1ccc2nc(C=O)cn2n1. The van der Waals surface area contributed by atoms with Crippen LogP contribution in [0.2, 0.25) is 0 Å². The van der Waals surface area contributed by atoms with Gasteiger partial charge in [0.05, 0.1) is 6.20 Å². The number of nitrogens with zero attached hydrogens (tertiary/aromatic N) is 3.